The fourth-order valence-electron chi connectivity index (χ4n) is 6.93. The van der Waals surface area contributed by atoms with Gasteiger partial charge in [0.1, 0.15) is 11.3 Å². The predicted octanol–water partition coefficient (Wildman–Crippen LogP) is 11.5. The largest absolute Gasteiger partial charge is 0.385 e. The zero-order chi connectivity index (χ0) is 37.6. The molecule has 2 aliphatic rings. The Morgan fingerprint density at radius 3 is 1.40 bits per heavy atom. The molecule has 0 atom stereocenters. The zero-order valence-electron chi connectivity index (χ0n) is 32.9. The van der Waals surface area contributed by atoms with Crippen molar-refractivity contribution in [3.05, 3.63) is 85.5 Å². The number of hydrogen-bond donors (Lipinski definition) is 3. The highest BCUT2D eigenvalue weighted by atomic mass is 15.2. The van der Waals surface area contributed by atoms with Gasteiger partial charge in [0.2, 0.25) is 11.9 Å². The fourth-order valence-corrected chi connectivity index (χ4v) is 6.93. The highest BCUT2D eigenvalue weighted by Crippen LogP contribution is 2.34. The lowest BCUT2D eigenvalue weighted by Crippen LogP contribution is -2.08. The number of nitrogens with one attached hydrogen (secondary N) is 3. The summed E-state index contributed by atoms with van der Waals surface area (Å²) in [7, 11) is 4.08. The van der Waals surface area contributed by atoms with Crippen molar-refractivity contribution in [3.63, 3.8) is 0 Å². The van der Waals surface area contributed by atoms with Crippen LogP contribution in [-0.2, 0) is 0 Å². The first kappa shape index (κ1) is 39.1. The number of anilines is 6. The van der Waals surface area contributed by atoms with Gasteiger partial charge in [0.05, 0.1) is 0 Å². The van der Waals surface area contributed by atoms with Gasteiger partial charge in [-0.25, -0.2) is 9.97 Å². The summed E-state index contributed by atoms with van der Waals surface area (Å²) in [6, 6.07) is 21.9. The van der Waals surface area contributed by atoms with Crippen molar-refractivity contribution in [1.29, 1.82) is 0 Å². The van der Waals surface area contributed by atoms with Gasteiger partial charge in [0.25, 0.3) is 0 Å². The van der Waals surface area contributed by atoms with Gasteiger partial charge < -0.3 is 30.0 Å². The Hall–Kier alpha value is -5.12. The molecule has 2 aromatic carbocycles. The summed E-state index contributed by atoms with van der Waals surface area (Å²) in [5.41, 5.74) is 6.35. The van der Waals surface area contributed by atoms with E-state index in [2.05, 4.69) is 122 Å². The predicted molar refractivity (Wildman–Crippen MR) is 225 cm³/mol. The number of fused-ring (bicyclic) bond motifs is 2. The van der Waals surface area contributed by atoms with Gasteiger partial charge in [-0.1, -0.05) is 59.8 Å². The third-order valence-electron chi connectivity index (χ3n) is 9.51. The van der Waals surface area contributed by atoms with Gasteiger partial charge in [-0.15, -0.1) is 0 Å². The molecule has 10 nitrogen and oxygen atoms in total. The topological polar surface area (TPSA) is 101 Å². The van der Waals surface area contributed by atoms with E-state index in [1.165, 1.54) is 63.5 Å². The lowest BCUT2D eigenvalue weighted by molar-refractivity contribution is 0.532. The summed E-state index contributed by atoms with van der Waals surface area (Å²) in [5.74, 6) is 1.30. The summed E-state index contributed by atoms with van der Waals surface area (Å²) in [6.07, 6.45) is 19.7. The highest BCUT2D eigenvalue weighted by Gasteiger charge is 2.20. The van der Waals surface area contributed by atoms with Crippen molar-refractivity contribution in [1.82, 2.24) is 29.1 Å². The van der Waals surface area contributed by atoms with Gasteiger partial charge >= 0.3 is 0 Å². The van der Waals surface area contributed by atoms with Crippen molar-refractivity contribution >= 4 is 56.7 Å². The highest BCUT2D eigenvalue weighted by molar-refractivity contribution is 5.78. The van der Waals surface area contributed by atoms with E-state index in [0.29, 0.717) is 24.0 Å². The minimum Gasteiger partial charge on any atom is -0.385 e. The summed E-state index contributed by atoms with van der Waals surface area (Å²) in [5, 5.41) is 12.1. The van der Waals surface area contributed by atoms with Crippen LogP contribution in [0.5, 0.6) is 0 Å². The molecule has 10 heteroatoms. The Morgan fingerprint density at radius 2 is 1.00 bits per heavy atom. The van der Waals surface area contributed by atoms with Crippen molar-refractivity contribution in [2.75, 3.05) is 41.5 Å². The van der Waals surface area contributed by atoms with Crippen LogP contribution in [0.25, 0.3) is 22.1 Å². The first-order chi connectivity index (χ1) is 25.9. The van der Waals surface area contributed by atoms with Crippen molar-refractivity contribution in [2.45, 2.75) is 104 Å². The average molecular weight is 717 g/mol. The molecule has 0 saturated heterocycles. The third-order valence-corrected chi connectivity index (χ3v) is 9.51. The second kappa shape index (κ2) is 19.6. The Morgan fingerprint density at radius 1 is 0.604 bits per heavy atom. The average Bonchev–Trinajstić information content (AvgIpc) is 4.02. The quantitative estimate of drug-likeness (QED) is 0.136. The van der Waals surface area contributed by atoms with Crippen LogP contribution in [0.4, 0.5) is 34.6 Å². The Balaban J connectivity index is 0.000000183. The Bertz CT molecular complexity index is 1950. The van der Waals surface area contributed by atoms with E-state index in [1.54, 1.807) is 0 Å². The maximum absolute atomic E-state index is 4.76. The number of nitrogens with zero attached hydrogens (tertiary/aromatic N) is 7. The van der Waals surface area contributed by atoms with E-state index >= 15 is 0 Å². The molecule has 0 radical (unpaired) electrons. The number of hydrogen-bond acceptors (Lipinski definition) is 8. The molecule has 2 fully saturated rings. The normalized spacial score (nSPS) is 14.1. The minimum atomic E-state index is 0.588. The van der Waals surface area contributed by atoms with Crippen LogP contribution in [0.1, 0.15) is 104 Å². The zero-order valence-corrected chi connectivity index (χ0v) is 32.9. The molecular weight excluding hydrogens is 657 g/mol. The lowest BCUT2D eigenvalue weighted by atomic mass is 10.2. The molecule has 282 valence electrons. The number of rotatable bonds is 9. The van der Waals surface area contributed by atoms with Gasteiger partial charge in [-0.3, -0.25) is 0 Å². The van der Waals surface area contributed by atoms with E-state index in [0.717, 1.165) is 45.7 Å². The molecule has 53 heavy (non-hydrogen) atoms. The standard InChI is InChI=1S/2C19H23N5.C3H8.C2H6/c1-23(2)16-9-7-15(8-10-16)21-19-20-13-14-11-12-24(18(14)22-19)17-5-3-4-6-17;1-2-20-15-7-9-16(10-8-15)22-19-21-13-14-11-12-24(18(14)23-19)17-5-3-4-6-17;1-3-2;1-2/h7-13,17H,3-6H2,1-2H3,(H,20,21,22);7-13,17,20H,2-6H2,1H3,(H,21,22,23);3H2,1-2H3;1-2H3. The van der Waals surface area contributed by atoms with E-state index in [-0.39, 0.29) is 0 Å². The number of benzene rings is 2. The maximum atomic E-state index is 4.76. The van der Waals surface area contributed by atoms with E-state index in [4.69, 9.17) is 9.97 Å². The molecule has 6 aromatic rings. The van der Waals surface area contributed by atoms with Crippen LogP contribution in [0.2, 0.25) is 0 Å². The first-order valence-corrected chi connectivity index (χ1v) is 19.8. The fraction of sp³-hybridized carbons (Fsp3) is 0.442. The Kier molecular flexibility index (Phi) is 14.5. The van der Waals surface area contributed by atoms with Crippen LogP contribution in [0.15, 0.2) is 85.5 Å². The molecular formula is C43H60N10. The maximum Gasteiger partial charge on any atom is 0.229 e. The SMILES string of the molecule is CC.CCC.CCNc1ccc(Nc2ncc3ccn(C4CCCC4)c3n2)cc1.CN(C)c1ccc(Nc2ncc3ccn(C4CCCC4)c3n2)cc1. The van der Waals surface area contributed by atoms with Gasteiger partial charge in [-0.05, 0) is 93.3 Å². The van der Waals surface area contributed by atoms with E-state index in [1.807, 2.05) is 52.5 Å². The van der Waals surface area contributed by atoms with Gasteiger partial charge in [0, 0.05) is 91.0 Å². The van der Waals surface area contributed by atoms with Crippen LogP contribution in [-0.4, -0.2) is 49.7 Å². The number of aromatic nitrogens is 6. The van der Waals surface area contributed by atoms with Gasteiger partial charge in [0.15, 0.2) is 0 Å². The summed E-state index contributed by atoms with van der Waals surface area (Å²) >= 11 is 0. The second-order valence-electron chi connectivity index (χ2n) is 13.8. The van der Waals surface area contributed by atoms with Crippen LogP contribution in [0.3, 0.4) is 0 Å². The monoisotopic (exact) mass is 717 g/mol. The van der Waals surface area contributed by atoms with E-state index in [9.17, 15) is 0 Å². The van der Waals surface area contributed by atoms with E-state index < -0.39 is 0 Å². The summed E-state index contributed by atoms with van der Waals surface area (Å²) in [6.45, 7) is 11.3. The lowest BCUT2D eigenvalue weighted by Gasteiger charge is -2.14. The first-order valence-electron chi connectivity index (χ1n) is 19.8. The molecule has 4 aromatic heterocycles. The summed E-state index contributed by atoms with van der Waals surface area (Å²) in [4.78, 5) is 20.5. The molecule has 8 rings (SSSR count). The minimum absolute atomic E-state index is 0.588. The third kappa shape index (κ3) is 10.3. The molecule has 0 spiro atoms. The molecule has 0 unspecified atom stereocenters. The summed E-state index contributed by atoms with van der Waals surface area (Å²) < 4.78 is 4.65. The molecule has 0 amide bonds. The van der Waals surface area contributed by atoms with Crippen molar-refractivity contribution in [2.24, 2.45) is 0 Å². The molecule has 2 aliphatic carbocycles. The van der Waals surface area contributed by atoms with Crippen LogP contribution < -0.4 is 20.9 Å². The molecule has 2 saturated carbocycles. The van der Waals surface area contributed by atoms with Crippen molar-refractivity contribution < 1.29 is 0 Å². The van der Waals surface area contributed by atoms with Crippen LogP contribution >= 0.6 is 0 Å². The molecule has 4 heterocycles. The second-order valence-corrected chi connectivity index (χ2v) is 13.8. The molecule has 3 N–H and O–H groups in total. The smallest absolute Gasteiger partial charge is 0.229 e. The molecule has 0 aliphatic heterocycles. The van der Waals surface area contributed by atoms with Gasteiger partial charge in [-0.2, -0.15) is 9.97 Å². The van der Waals surface area contributed by atoms with Crippen molar-refractivity contribution in [3.8, 4) is 0 Å². The van der Waals surface area contributed by atoms with Crippen LogP contribution in [0, 0.1) is 0 Å². The Labute approximate surface area is 316 Å². The molecule has 0 bridgehead atoms.